The molecular weight excluding hydrogens is 686 g/mol. The summed E-state index contributed by atoms with van der Waals surface area (Å²) in [5.74, 6) is -19.0. The molecule has 0 atom stereocenters. The molecule has 3 aromatic heterocycles. The zero-order valence-electron chi connectivity index (χ0n) is 23.0. The second-order valence-electron chi connectivity index (χ2n) is 9.37. The van der Waals surface area contributed by atoms with Gasteiger partial charge in [-0.25, -0.2) is 41.3 Å². The lowest BCUT2D eigenvalue weighted by molar-refractivity contribution is -0.145. The molecule has 1 aliphatic carbocycles. The van der Waals surface area contributed by atoms with Gasteiger partial charge in [-0.05, 0) is 13.8 Å². The number of nitrogens with zero attached hydrogens (tertiary/aromatic N) is 6. The lowest BCUT2D eigenvalue weighted by atomic mass is 10.0. The monoisotopic (exact) mass is 692 g/mol. The van der Waals surface area contributed by atoms with Crippen LogP contribution in [-0.2, 0) is 12.4 Å². The van der Waals surface area contributed by atoms with Gasteiger partial charge >= 0.3 is 12.4 Å². The van der Waals surface area contributed by atoms with Crippen LogP contribution in [0.2, 0.25) is 0 Å². The molecular formula is C28H6F14N6. The molecule has 4 rings (SSSR count). The van der Waals surface area contributed by atoms with Crippen molar-refractivity contribution >= 4 is 16.7 Å². The van der Waals surface area contributed by atoms with Gasteiger partial charge in [0, 0.05) is 16.7 Å². The minimum absolute atomic E-state index is 0.547. The van der Waals surface area contributed by atoms with Gasteiger partial charge in [0.2, 0.25) is 11.9 Å². The molecule has 6 nitrogen and oxygen atoms in total. The van der Waals surface area contributed by atoms with Gasteiger partial charge in [0.05, 0.1) is 44.8 Å². The summed E-state index contributed by atoms with van der Waals surface area (Å²) in [7, 11) is 0. The fourth-order valence-corrected chi connectivity index (χ4v) is 4.48. The van der Waals surface area contributed by atoms with Crippen LogP contribution in [0, 0.1) is 94.6 Å². The van der Waals surface area contributed by atoms with Crippen molar-refractivity contribution in [3.05, 3.63) is 103 Å². The van der Waals surface area contributed by atoms with Crippen molar-refractivity contribution in [3.63, 3.8) is 0 Å². The minimum Gasteiger partial charge on any atom is -0.243 e. The lowest BCUT2D eigenvalue weighted by Gasteiger charge is -2.13. The SMILES string of the molecule is Cc1nc(F)c(F)c(C(C#N)=C2C(=C(C#N)c3c(F)c(C)nc(C(F)(F)F)c3F)C2=C(C#N)c2c(F)c(F)nc(C(F)(F)F)c2F)c1F. The van der Waals surface area contributed by atoms with Crippen LogP contribution in [-0.4, -0.2) is 15.0 Å². The van der Waals surface area contributed by atoms with Gasteiger partial charge in [0.15, 0.2) is 46.3 Å². The number of nitriles is 3. The molecule has 246 valence electrons. The van der Waals surface area contributed by atoms with Gasteiger partial charge in [-0.2, -0.15) is 50.9 Å². The van der Waals surface area contributed by atoms with E-state index >= 15 is 17.6 Å². The molecule has 0 bridgehead atoms. The Kier molecular flexibility index (Phi) is 8.57. The maximum atomic E-state index is 15.2. The molecule has 0 unspecified atom stereocenters. The van der Waals surface area contributed by atoms with Crippen molar-refractivity contribution < 1.29 is 61.5 Å². The molecule has 0 aromatic carbocycles. The highest BCUT2D eigenvalue weighted by Gasteiger charge is 2.48. The summed E-state index contributed by atoms with van der Waals surface area (Å²) in [6, 6.07) is 2.99. The molecule has 48 heavy (non-hydrogen) atoms. The second kappa shape index (κ2) is 11.8. The Labute approximate surface area is 256 Å². The second-order valence-corrected chi connectivity index (χ2v) is 9.37. The first-order valence-electron chi connectivity index (χ1n) is 12.2. The molecule has 1 fully saturated rings. The van der Waals surface area contributed by atoms with E-state index in [2.05, 4.69) is 15.0 Å². The molecule has 1 saturated carbocycles. The fourth-order valence-electron chi connectivity index (χ4n) is 4.48. The highest BCUT2D eigenvalue weighted by Crippen LogP contribution is 2.57. The Morgan fingerprint density at radius 3 is 1.10 bits per heavy atom. The van der Waals surface area contributed by atoms with E-state index in [1.165, 1.54) is 0 Å². The van der Waals surface area contributed by atoms with Crippen LogP contribution in [0.15, 0.2) is 16.7 Å². The summed E-state index contributed by atoms with van der Waals surface area (Å²) in [5, 5.41) is 29.5. The molecule has 3 heterocycles. The molecule has 0 saturated heterocycles. The van der Waals surface area contributed by atoms with E-state index in [1.54, 1.807) is 0 Å². The first-order valence-corrected chi connectivity index (χ1v) is 12.2. The number of alkyl halides is 6. The van der Waals surface area contributed by atoms with Crippen LogP contribution >= 0.6 is 0 Å². The fraction of sp³-hybridized carbons (Fsp3) is 0.143. The van der Waals surface area contributed by atoms with Crippen molar-refractivity contribution in [1.82, 2.24) is 15.0 Å². The average molecular weight is 692 g/mol. The van der Waals surface area contributed by atoms with Crippen molar-refractivity contribution in [3.8, 4) is 18.2 Å². The Morgan fingerprint density at radius 1 is 0.458 bits per heavy atom. The molecule has 0 N–H and O–H groups in total. The molecule has 0 radical (unpaired) electrons. The molecule has 1 aliphatic rings. The normalized spacial score (nSPS) is 16.2. The highest BCUT2D eigenvalue weighted by molar-refractivity contribution is 6.12. The summed E-state index contributed by atoms with van der Waals surface area (Å²) in [5.41, 5.74) is -22.6. The summed E-state index contributed by atoms with van der Waals surface area (Å²) in [6.07, 6.45) is -11.6. The van der Waals surface area contributed by atoms with Gasteiger partial charge in [0.1, 0.15) is 18.2 Å². The van der Waals surface area contributed by atoms with E-state index < -0.39 is 132 Å². The van der Waals surface area contributed by atoms with Crippen LogP contribution in [0.5, 0.6) is 0 Å². The standard InChI is InChI=1S/C28H6F14N6/c1-6-17(29)14(19(31)23(46-6)27(37,38)39)8(3-43)11-12(9(4-44)15-18(30)7(2)47-25(35)21(15)33)13(11)10(5-45)16-20(32)24(28(40,41)42)48-26(36)22(16)34/h1-2H3. The van der Waals surface area contributed by atoms with Crippen LogP contribution in [0.1, 0.15) is 39.5 Å². The number of hydrogen-bond acceptors (Lipinski definition) is 6. The minimum atomic E-state index is -5.89. The van der Waals surface area contributed by atoms with Crippen molar-refractivity contribution in [2.45, 2.75) is 26.2 Å². The van der Waals surface area contributed by atoms with Crippen LogP contribution in [0.25, 0.3) is 16.7 Å². The van der Waals surface area contributed by atoms with Gasteiger partial charge in [-0.3, -0.25) is 0 Å². The Hall–Kier alpha value is -5.84. The first kappa shape index (κ1) is 35.0. The third-order valence-corrected chi connectivity index (χ3v) is 6.55. The molecule has 0 spiro atoms. The molecule has 20 heteroatoms. The summed E-state index contributed by atoms with van der Waals surface area (Å²) in [6.45, 7) is 1.26. The Balaban J connectivity index is 2.36. The number of rotatable bonds is 3. The summed E-state index contributed by atoms with van der Waals surface area (Å²) in [4.78, 5) is 7.64. The van der Waals surface area contributed by atoms with Crippen LogP contribution in [0.4, 0.5) is 61.5 Å². The number of hydrogen-bond donors (Lipinski definition) is 0. The predicted octanol–water partition coefficient (Wildman–Crippen LogP) is 7.88. The first-order chi connectivity index (χ1) is 22.1. The van der Waals surface area contributed by atoms with Gasteiger partial charge in [-0.1, -0.05) is 0 Å². The van der Waals surface area contributed by atoms with E-state index in [-0.39, 0.29) is 0 Å². The number of allylic oxidation sites excluding steroid dienone is 6. The maximum absolute atomic E-state index is 15.2. The predicted molar refractivity (Wildman–Crippen MR) is 129 cm³/mol. The Bertz CT molecular complexity index is 2050. The van der Waals surface area contributed by atoms with E-state index in [9.17, 15) is 59.7 Å². The van der Waals surface area contributed by atoms with Crippen molar-refractivity contribution in [1.29, 1.82) is 15.8 Å². The van der Waals surface area contributed by atoms with Gasteiger partial charge < -0.3 is 0 Å². The van der Waals surface area contributed by atoms with Gasteiger partial charge in [-0.15, -0.1) is 0 Å². The maximum Gasteiger partial charge on any atom is 0.436 e. The third kappa shape index (κ3) is 5.46. The molecule has 3 aromatic rings. The van der Waals surface area contributed by atoms with Gasteiger partial charge in [0.25, 0.3) is 0 Å². The highest BCUT2D eigenvalue weighted by atomic mass is 19.4. The largest absolute Gasteiger partial charge is 0.436 e. The van der Waals surface area contributed by atoms with E-state index in [4.69, 9.17) is 0 Å². The zero-order chi connectivity index (χ0) is 36.4. The van der Waals surface area contributed by atoms with Crippen LogP contribution < -0.4 is 0 Å². The number of aromatic nitrogens is 3. The number of halogens is 14. The quantitative estimate of drug-likeness (QED) is 0.157. The molecule has 0 amide bonds. The van der Waals surface area contributed by atoms with Crippen molar-refractivity contribution in [2.75, 3.05) is 0 Å². The van der Waals surface area contributed by atoms with Crippen LogP contribution in [0.3, 0.4) is 0 Å². The Morgan fingerprint density at radius 2 is 0.750 bits per heavy atom. The van der Waals surface area contributed by atoms with E-state index in [0.717, 1.165) is 25.1 Å². The van der Waals surface area contributed by atoms with Crippen molar-refractivity contribution in [2.24, 2.45) is 0 Å². The number of aryl methyl sites for hydroxylation is 2. The lowest BCUT2D eigenvalue weighted by Crippen LogP contribution is -2.16. The smallest absolute Gasteiger partial charge is 0.243 e. The van der Waals surface area contributed by atoms with E-state index in [1.807, 2.05) is 0 Å². The zero-order valence-corrected chi connectivity index (χ0v) is 23.0. The average Bonchev–Trinajstić information content (AvgIpc) is 3.70. The topological polar surface area (TPSA) is 110 Å². The molecule has 0 aliphatic heterocycles. The summed E-state index contributed by atoms with van der Waals surface area (Å²) < 4.78 is 200. The third-order valence-electron chi connectivity index (χ3n) is 6.55. The summed E-state index contributed by atoms with van der Waals surface area (Å²) >= 11 is 0. The van der Waals surface area contributed by atoms with E-state index in [0.29, 0.717) is 6.92 Å². The number of pyridine rings is 3.